The van der Waals surface area contributed by atoms with E-state index in [0.29, 0.717) is 18.2 Å². The summed E-state index contributed by atoms with van der Waals surface area (Å²) in [6, 6.07) is 14.1. The minimum Gasteiger partial charge on any atom is -0.497 e. The van der Waals surface area contributed by atoms with Crippen molar-refractivity contribution in [3.63, 3.8) is 0 Å². The van der Waals surface area contributed by atoms with Crippen molar-refractivity contribution in [2.75, 3.05) is 7.11 Å². The van der Waals surface area contributed by atoms with E-state index in [2.05, 4.69) is 22.3 Å². The van der Waals surface area contributed by atoms with Crippen molar-refractivity contribution in [1.29, 1.82) is 0 Å². The van der Waals surface area contributed by atoms with E-state index in [1.807, 2.05) is 35.2 Å². The molecule has 118 valence electrons. The maximum absolute atomic E-state index is 5.90. The topological polar surface area (TPSA) is 67.2 Å². The molecule has 23 heavy (non-hydrogen) atoms. The third-order valence-corrected chi connectivity index (χ3v) is 3.96. The smallest absolute Gasteiger partial charge is 0.166 e. The predicted octanol–water partition coefficient (Wildman–Crippen LogP) is 2.82. The number of aromatic nitrogens is 2. The predicted molar refractivity (Wildman–Crippen MR) is 95.1 cm³/mol. The number of nitrogens with one attached hydrogen (secondary N) is 1. The first kappa shape index (κ1) is 15.3. The summed E-state index contributed by atoms with van der Waals surface area (Å²) >= 11 is 5.21. The number of ether oxygens (including phenoxy) is 1. The van der Waals surface area contributed by atoms with Gasteiger partial charge in [0, 0.05) is 18.5 Å². The maximum Gasteiger partial charge on any atom is 0.166 e. The number of thiocarbonyl (C=S) groups is 1. The van der Waals surface area contributed by atoms with Gasteiger partial charge in [-0.3, -0.25) is 5.10 Å². The molecule has 3 aromatic rings. The molecule has 0 amide bonds. The highest BCUT2D eigenvalue weighted by atomic mass is 32.1. The molecule has 3 N–H and O–H groups in total. The van der Waals surface area contributed by atoms with E-state index in [4.69, 9.17) is 22.7 Å². The first-order valence-electron chi connectivity index (χ1n) is 7.25. The molecule has 0 spiro atoms. The Bertz CT molecular complexity index is 830. The first-order valence-corrected chi connectivity index (χ1v) is 7.66. The van der Waals surface area contributed by atoms with Gasteiger partial charge in [-0.25, -0.2) is 0 Å². The molecule has 0 fully saturated rings. The van der Waals surface area contributed by atoms with E-state index in [1.165, 1.54) is 0 Å². The van der Waals surface area contributed by atoms with E-state index in [9.17, 15) is 0 Å². The van der Waals surface area contributed by atoms with Crippen LogP contribution in [0.25, 0.3) is 10.9 Å². The van der Waals surface area contributed by atoms with E-state index in [0.717, 1.165) is 27.8 Å². The van der Waals surface area contributed by atoms with Crippen LogP contribution in [0.1, 0.15) is 11.1 Å². The number of hydrogen-bond donors (Lipinski definition) is 2. The molecule has 0 saturated heterocycles. The van der Waals surface area contributed by atoms with Crippen molar-refractivity contribution < 1.29 is 4.74 Å². The summed E-state index contributed by atoms with van der Waals surface area (Å²) in [5.74, 6) is 0.823. The van der Waals surface area contributed by atoms with Gasteiger partial charge in [-0.05, 0) is 41.5 Å². The summed E-state index contributed by atoms with van der Waals surface area (Å²) in [5, 5.41) is 8.48. The van der Waals surface area contributed by atoms with Crippen LogP contribution in [-0.2, 0) is 13.1 Å². The van der Waals surface area contributed by atoms with Crippen molar-refractivity contribution in [1.82, 2.24) is 15.1 Å². The maximum atomic E-state index is 5.90. The molecule has 5 nitrogen and oxygen atoms in total. The molecule has 6 heteroatoms. The molecule has 0 aliphatic carbocycles. The van der Waals surface area contributed by atoms with E-state index >= 15 is 0 Å². The molecule has 0 aliphatic rings. The molecule has 3 rings (SSSR count). The van der Waals surface area contributed by atoms with Crippen LogP contribution in [-0.4, -0.2) is 27.3 Å². The molecule has 0 radical (unpaired) electrons. The molecule has 1 heterocycles. The molecular formula is C17H18N4OS. The molecule has 0 saturated carbocycles. The second kappa shape index (κ2) is 6.66. The number of methoxy groups -OCH3 is 1. The van der Waals surface area contributed by atoms with Crippen LogP contribution in [0.3, 0.4) is 0 Å². The van der Waals surface area contributed by atoms with Crippen LogP contribution in [0.2, 0.25) is 0 Å². The number of benzene rings is 2. The normalized spacial score (nSPS) is 10.7. The highest BCUT2D eigenvalue weighted by Gasteiger charge is 2.10. The van der Waals surface area contributed by atoms with Crippen molar-refractivity contribution in [3.05, 3.63) is 59.8 Å². The van der Waals surface area contributed by atoms with Gasteiger partial charge < -0.3 is 15.4 Å². The summed E-state index contributed by atoms with van der Waals surface area (Å²) in [6.07, 6.45) is 1.81. The lowest BCUT2D eigenvalue weighted by molar-refractivity contribution is 0.400. The molecule has 2 aromatic carbocycles. The van der Waals surface area contributed by atoms with Gasteiger partial charge in [0.05, 0.1) is 18.8 Å². The fourth-order valence-electron chi connectivity index (χ4n) is 2.51. The Morgan fingerprint density at radius 2 is 2.00 bits per heavy atom. The summed E-state index contributed by atoms with van der Waals surface area (Å²) in [4.78, 5) is 1.96. The fraction of sp³-hybridized carbons (Fsp3) is 0.176. The molecule has 0 bridgehead atoms. The van der Waals surface area contributed by atoms with Gasteiger partial charge in [0.15, 0.2) is 5.11 Å². The number of fused-ring (bicyclic) bond motifs is 1. The third kappa shape index (κ3) is 3.60. The number of H-pyrrole nitrogens is 1. The standard InChI is InChI=1S/C17H18N4OS/c1-22-15-4-2-3-12(7-15)10-21(17(18)23)11-13-5-6-14-9-19-20-16(14)8-13/h2-9H,10-11H2,1H3,(H2,18,23)(H,19,20). The Balaban J connectivity index is 1.79. The minimum atomic E-state index is 0.373. The molecule has 1 aromatic heterocycles. The molecule has 0 aliphatic heterocycles. The van der Waals surface area contributed by atoms with Gasteiger partial charge in [0.2, 0.25) is 0 Å². The van der Waals surface area contributed by atoms with E-state index < -0.39 is 0 Å². The lowest BCUT2D eigenvalue weighted by Gasteiger charge is -2.23. The quantitative estimate of drug-likeness (QED) is 0.706. The second-order valence-corrected chi connectivity index (χ2v) is 5.76. The lowest BCUT2D eigenvalue weighted by atomic mass is 10.1. The number of nitrogens with zero attached hydrogens (tertiary/aromatic N) is 2. The van der Waals surface area contributed by atoms with Crippen molar-refractivity contribution in [2.24, 2.45) is 5.73 Å². The molecular weight excluding hydrogens is 308 g/mol. The third-order valence-electron chi connectivity index (χ3n) is 3.70. The van der Waals surface area contributed by atoms with Gasteiger partial charge in [0.1, 0.15) is 5.75 Å². The van der Waals surface area contributed by atoms with Crippen LogP contribution < -0.4 is 10.5 Å². The van der Waals surface area contributed by atoms with Crippen LogP contribution in [0, 0.1) is 0 Å². The Morgan fingerprint density at radius 1 is 1.22 bits per heavy atom. The summed E-state index contributed by atoms with van der Waals surface area (Å²) in [6.45, 7) is 1.27. The number of rotatable bonds is 5. The summed E-state index contributed by atoms with van der Waals surface area (Å²) in [7, 11) is 1.66. The summed E-state index contributed by atoms with van der Waals surface area (Å²) in [5.41, 5.74) is 9.13. The SMILES string of the molecule is COc1cccc(CN(Cc2ccc3cn[nH]c3c2)C(N)=S)c1. The lowest BCUT2D eigenvalue weighted by Crippen LogP contribution is -2.34. The van der Waals surface area contributed by atoms with E-state index in [1.54, 1.807) is 13.3 Å². The van der Waals surface area contributed by atoms with Crippen molar-refractivity contribution in [3.8, 4) is 5.75 Å². The molecule has 0 unspecified atom stereocenters. The van der Waals surface area contributed by atoms with Gasteiger partial charge in [-0.15, -0.1) is 0 Å². The monoisotopic (exact) mass is 326 g/mol. The van der Waals surface area contributed by atoms with Crippen LogP contribution in [0.15, 0.2) is 48.7 Å². The average Bonchev–Trinajstić information content (AvgIpc) is 3.02. The van der Waals surface area contributed by atoms with Gasteiger partial charge in [-0.2, -0.15) is 5.10 Å². The molecule has 0 atom stereocenters. The van der Waals surface area contributed by atoms with E-state index in [-0.39, 0.29) is 0 Å². The van der Waals surface area contributed by atoms with Crippen LogP contribution in [0.4, 0.5) is 0 Å². The van der Waals surface area contributed by atoms with Crippen LogP contribution in [0.5, 0.6) is 5.75 Å². The zero-order valence-corrected chi connectivity index (χ0v) is 13.6. The van der Waals surface area contributed by atoms with Crippen LogP contribution >= 0.6 is 12.2 Å². The van der Waals surface area contributed by atoms with Gasteiger partial charge in [0.25, 0.3) is 0 Å². The number of hydrogen-bond acceptors (Lipinski definition) is 3. The van der Waals surface area contributed by atoms with Crippen molar-refractivity contribution in [2.45, 2.75) is 13.1 Å². The zero-order chi connectivity index (χ0) is 16.2. The Morgan fingerprint density at radius 3 is 2.74 bits per heavy atom. The number of nitrogens with two attached hydrogens (primary N) is 1. The average molecular weight is 326 g/mol. The minimum absolute atomic E-state index is 0.373. The summed E-state index contributed by atoms with van der Waals surface area (Å²) < 4.78 is 5.26. The number of aromatic amines is 1. The largest absolute Gasteiger partial charge is 0.497 e. The van der Waals surface area contributed by atoms with Gasteiger partial charge >= 0.3 is 0 Å². The Kier molecular flexibility index (Phi) is 4.43. The highest BCUT2D eigenvalue weighted by Crippen LogP contribution is 2.18. The first-order chi connectivity index (χ1) is 11.2. The van der Waals surface area contributed by atoms with Gasteiger partial charge in [-0.1, -0.05) is 24.3 Å². The van der Waals surface area contributed by atoms with Crippen molar-refractivity contribution >= 4 is 28.2 Å². The zero-order valence-electron chi connectivity index (χ0n) is 12.8. The Labute approximate surface area is 140 Å². The second-order valence-electron chi connectivity index (χ2n) is 5.34. The fourth-order valence-corrected chi connectivity index (χ4v) is 2.63. The highest BCUT2D eigenvalue weighted by molar-refractivity contribution is 7.80. The Hall–Kier alpha value is -2.60.